The summed E-state index contributed by atoms with van der Waals surface area (Å²) in [4.78, 5) is 11.6. The average Bonchev–Trinajstić information content (AvgIpc) is 2.85. The summed E-state index contributed by atoms with van der Waals surface area (Å²) in [6.07, 6.45) is 5.89. The second-order valence-corrected chi connectivity index (χ2v) is 3.96. The van der Waals surface area contributed by atoms with Gasteiger partial charge in [-0.15, -0.1) is 0 Å². The fourth-order valence-electron chi connectivity index (χ4n) is 1.31. The second kappa shape index (κ2) is 3.44. The van der Waals surface area contributed by atoms with Gasteiger partial charge in [0.1, 0.15) is 6.04 Å². The highest BCUT2D eigenvalue weighted by atomic mass is 16.2. The quantitative estimate of drug-likeness (QED) is 0.779. The maximum Gasteiger partial charge on any atom is 0.244 e. The molecule has 1 aliphatic carbocycles. The van der Waals surface area contributed by atoms with Crippen LogP contribution in [-0.4, -0.2) is 21.7 Å². The molecule has 1 atom stereocenters. The van der Waals surface area contributed by atoms with Crippen molar-refractivity contribution in [1.29, 1.82) is 0 Å². The first-order chi connectivity index (χ1) is 6.66. The molecule has 2 rings (SSSR count). The van der Waals surface area contributed by atoms with Crippen molar-refractivity contribution in [3.05, 3.63) is 18.0 Å². The minimum Gasteiger partial charge on any atom is -0.352 e. The van der Waals surface area contributed by atoms with E-state index >= 15 is 0 Å². The minimum absolute atomic E-state index is 0.0654. The third-order valence-electron chi connectivity index (χ3n) is 2.43. The monoisotopic (exact) mass is 193 g/mol. The van der Waals surface area contributed by atoms with Gasteiger partial charge in [-0.2, -0.15) is 5.10 Å². The molecule has 4 nitrogen and oxygen atoms in total. The van der Waals surface area contributed by atoms with E-state index < -0.39 is 0 Å². The fourth-order valence-corrected chi connectivity index (χ4v) is 1.31. The van der Waals surface area contributed by atoms with E-state index in [4.69, 9.17) is 0 Å². The van der Waals surface area contributed by atoms with Crippen LogP contribution in [0.15, 0.2) is 12.4 Å². The van der Waals surface area contributed by atoms with Gasteiger partial charge in [0.2, 0.25) is 5.91 Å². The molecular formula is C10H15N3O. The first kappa shape index (κ1) is 9.24. The number of amides is 1. The van der Waals surface area contributed by atoms with Gasteiger partial charge in [0, 0.05) is 12.2 Å². The highest BCUT2D eigenvalue weighted by Crippen LogP contribution is 2.19. The number of nitrogens with zero attached hydrogens (tertiary/aromatic N) is 2. The van der Waals surface area contributed by atoms with E-state index in [1.165, 1.54) is 0 Å². The topological polar surface area (TPSA) is 46.9 Å². The van der Waals surface area contributed by atoms with Gasteiger partial charge in [-0.3, -0.25) is 9.48 Å². The SMILES string of the molecule is Cc1cnn(C(C)C(=O)NC2CC2)c1. The van der Waals surface area contributed by atoms with Crippen molar-refractivity contribution < 1.29 is 4.79 Å². The smallest absolute Gasteiger partial charge is 0.244 e. The standard InChI is InChI=1S/C10H15N3O/c1-7-5-11-13(6-7)8(2)10(14)12-9-3-4-9/h5-6,8-9H,3-4H2,1-2H3,(H,12,14). The van der Waals surface area contributed by atoms with Gasteiger partial charge in [0.25, 0.3) is 0 Å². The largest absolute Gasteiger partial charge is 0.352 e. The van der Waals surface area contributed by atoms with Crippen molar-refractivity contribution in [3.8, 4) is 0 Å². The zero-order chi connectivity index (χ0) is 10.1. The molecule has 14 heavy (non-hydrogen) atoms. The minimum atomic E-state index is -0.204. The summed E-state index contributed by atoms with van der Waals surface area (Å²) in [5.41, 5.74) is 1.08. The summed E-state index contributed by atoms with van der Waals surface area (Å²) in [5.74, 6) is 0.0654. The average molecular weight is 193 g/mol. The Morgan fingerprint density at radius 3 is 2.93 bits per heavy atom. The first-order valence-corrected chi connectivity index (χ1v) is 4.98. The van der Waals surface area contributed by atoms with Crippen molar-refractivity contribution in [2.24, 2.45) is 0 Å². The molecule has 0 aromatic carbocycles. The van der Waals surface area contributed by atoms with Gasteiger partial charge in [-0.1, -0.05) is 0 Å². The normalized spacial score (nSPS) is 17.9. The summed E-state index contributed by atoms with van der Waals surface area (Å²) in [7, 11) is 0. The molecule has 1 amide bonds. The van der Waals surface area contributed by atoms with E-state index in [2.05, 4.69) is 10.4 Å². The van der Waals surface area contributed by atoms with Crippen LogP contribution < -0.4 is 5.32 Å². The van der Waals surface area contributed by atoms with Crippen LogP contribution in [0.4, 0.5) is 0 Å². The lowest BCUT2D eigenvalue weighted by atomic mass is 10.3. The van der Waals surface area contributed by atoms with Crippen molar-refractivity contribution >= 4 is 5.91 Å². The first-order valence-electron chi connectivity index (χ1n) is 4.98. The Kier molecular flexibility index (Phi) is 2.27. The molecule has 1 saturated carbocycles. The van der Waals surface area contributed by atoms with Crippen LogP contribution in [0.25, 0.3) is 0 Å². The summed E-state index contributed by atoms with van der Waals surface area (Å²) in [6.45, 7) is 3.83. The highest BCUT2D eigenvalue weighted by Gasteiger charge is 2.26. The number of hydrogen-bond donors (Lipinski definition) is 1. The molecule has 1 unspecified atom stereocenters. The van der Waals surface area contributed by atoms with Gasteiger partial charge in [0.05, 0.1) is 6.20 Å². The Hall–Kier alpha value is -1.32. The zero-order valence-corrected chi connectivity index (χ0v) is 8.53. The Bertz CT molecular complexity index is 341. The van der Waals surface area contributed by atoms with Crippen LogP contribution in [0.5, 0.6) is 0 Å². The molecule has 0 aliphatic heterocycles. The summed E-state index contributed by atoms with van der Waals surface area (Å²) in [6, 6.07) is 0.214. The number of aromatic nitrogens is 2. The molecule has 1 fully saturated rings. The maximum absolute atomic E-state index is 11.6. The number of carbonyl (C=O) groups excluding carboxylic acids is 1. The maximum atomic E-state index is 11.6. The Labute approximate surface area is 83.3 Å². The predicted molar refractivity (Wildman–Crippen MR) is 52.8 cm³/mol. The third kappa shape index (κ3) is 1.95. The van der Waals surface area contributed by atoms with Crippen molar-refractivity contribution in [2.75, 3.05) is 0 Å². The molecular weight excluding hydrogens is 178 g/mol. The second-order valence-electron chi connectivity index (χ2n) is 3.96. The van der Waals surface area contributed by atoms with Crippen molar-refractivity contribution in [1.82, 2.24) is 15.1 Å². The van der Waals surface area contributed by atoms with Gasteiger partial charge >= 0.3 is 0 Å². The summed E-state index contributed by atoms with van der Waals surface area (Å²) < 4.78 is 1.70. The van der Waals surface area contributed by atoms with Crippen LogP contribution in [-0.2, 0) is 4.79 Å². The number of aryl methyl sites for hydroxylation is 1. The van der Waals surface area contributed by atoms with Gasteiger partial charge in [-0.25, -0.2) is 0 Å². The van der Waals surface area contributed by atoms with Crippen molar-refractivity contribution in [2.45, 2.75) is 38.8 Å². The van der Waals surface area contributed by atoms with Gasteiger partial charge < -0.3 is 5.32 Å². The number of rotatable bonds is 3. The molecule has 0 radical (unpaired) electrons. The number of nitrogens with one attached hydrogen (secondary N) is 1. The lowest BCUT2D eigenvalue weighted by Gasteiger charge is -2.11. The Morgan fingerprint density at radius 1 is 1.71 bits per heavy atom. The lowest BCUT2D eigenvalue weighted by Crippen LogP contribution is -2.32. The zero-order valence-electron chi connectivity index (χ0n) is 8.53. The Morgan fingerprint density at radius 2 is 2.43 bits per heavy atom. The van der Waals surface area contributed by atoms with E-state index in [1.807, 2.05) is 20.0 Å². The van der Waals surface area contributed by atoms with Crippen LogP contribution in [0.2, 0.25) is 0 Å². The fraction of sp³-hybridized carbons (Fsp3) is 0.600. The molecule has 0 spiro atoms. The summed E-state index contributed by atoms with van der Waals surface area (Å²) >= 11 is 0. The summed E-state index contributed by atoms with van der Waals surface area (Å²) in [5, 5.41) is 7.08. The molecule has 1 N–H and O–H groups in total. The van der Waals surface area contributed by atoms with Crippen LogP contribution in [0, 0.1) is 6.92 Å². The molecule has 0 saturated heterocycles. The molecule has 1 aliphatic rings. The van der Waals surface area contributed by atoms with E-state index in [0.29, 0.717) is 6.04 Å². The number of hydrogen-bond acceptors (Lipinski definition) is 2. The van der Waals surface area contributed by atoms with E-state index in [0.717, 1.165) is 18.4 Å². The lowest BCUT2D eigenvalue weighted by molar-refractivity contribution is -0.124. The molecule has 4 heteroatoms. The van der Waals surface area contributed by atoms with E-state index in [-0.39, 0.29) is 11.9 Å². The molecule has 1 aromatic heterocycles. The molecule has 76 valence electrons. The van der Waals surface area contributed by atoms with Crippen LogP contribution in [0.3, 0.4) is 0 Å². The number of carbonyl (C=O) groups is 1. The molecule has 1 heterocycles. The van der Waals surface area contributed by atoms with Gasteiger partial charge in [0.15, 0.2) is 0 Å². The van der Waals surface area contributed by atoms with E-state index in [1.54, 1.807) is 10.9 Å². The highest BCUT2D eigenvalue weighted by molar-refractivity contribution is 5.80. The van der Waals surface area contributed by atoms with Crippen molar-refractivity contribution in [3.63, 3.8) is 0 Å². The molecule has 1 aromatic rings. The van der Waals surface area contributed by atoms with Crippen LogP contribution >= 0.6 is 0 Å². The predicted octanol–water partition coefficient (Wildman–Crippen LogP) is 1.03. The Balaban J connectivity index is 1.99. The van der Waals surface area contributed by atoms with Gasteiger partial charge in [-0.05, 0) is 32.3 Å². The van der Waals surface area contributed by atoms with Crippen LogP contribution in [0.1, 0.15) is 31.4 Å². The van der Waals surface area contributed by atoms with E-state index in [9.17, 15) is 4.79 Å². The third-order valence-corrected chi connectivity index (χ3v) is 2.43. The molecule has 0 bridgehead atoms.